The molecule has 0 aliphatic carbocycles. The Hall–Kier alpha value is -1.59. The topological polar surface area (TPSA) is 84.6 Å². The van der Waals surface area contributed by atoms with E-state index in [2.05, 4.69) is 5.43 Å². The van der Waals surface area contributed by atoms with Crippen LogP contribution in [-0.4, -0.2) is 17.1 Å². The Morgan fingerprint density at radius 1 is 1.47 bits per heavy atom. The van der Waals surface area contributed by atoms with E-state index in [9.17, 15) is 4.79 Å². The van der Waals surface area contributed by atoms with E-state index in [0.717, 1.165) is 11.3 Å². The van der Waals surface area contributed by atoms with Crippen LogP contribution in [0, 0.1) is 0 Å². The van der Waals surface area contributed by atoms with Crippen LogP contribution in [0.1, 0.15) is 25.3 Å². The van der Waals surface area contributed by atoms with Crippen LogP contribution in [0.15, 0.2) is 24.3 Å². The van der Waals surface area contributed by atoms with Crippen molar-refractivity contribution >= 4 is 5.91 Å². The number of carbonyl (C=O) groups is 1. The van der Waals surface area contributed by atoms with Gasteiger partial charge in [0.2, 0.25) is 5.91 Å². The number of aliphatic hydroxyl groups is 1. The third-order valence-electron chi connectivity index (χ3n) is 2.38. The molecule has 0 saturated heterocycles. The third-order valence-corrected chi connectivity index (χ3v) is 2.38. The van der Waals surface area contributed by atoms with E-state index >= 15 is 0 Å². The summed E-state index contributed by atoms with van der Waals surface area (Å²) in [7, 11) is 0. The molecule has 0 radical (unpaired) electrons. The maximum atomic E-state index is 10.9. The summed E-state index contributed by atoms with van der Waals surface area (Å²) < 4.78 is 5.61. The Kier molecular flexibility index (Phi) is 5.45. The second kappa shape index (κ2) is 6.88. The number of ether oxygens (including phenoxy) is 1. The zero-order valence-electron chi connectivity index (χ0n) is 9.85. The van der Waals surface area contributed by atoms with E-state index < -0.39 is 0 Å². The average molecular weight is 238 g/mol. The number of aliphatic hydroxyl groups excluding tert-OH is 1. The average Bonchev–Trinajstić information content (AvgIpc) is 2.36. The quantitative estimate of drug-likeness (QED) is 0.387. The monoisotopic (exact) mass is 238 g/mol. The fourth-order valence-corrected chi connectivity index (χ4v) is 1.37. The molecule has 1 aromatic rings. The summed E-state index contributed by atoms with van der Waals surface area (Å²) in [5, 5.41) is 8.89. The molecule has 1 amide bonds. The molecule has 0 spiro atoms. The van der Waals surface area contributed by atoms with Crippen molar-refractivity contribution in [2.45, 2.75) is 32.5 Å². The molecule has 0 saturated carbocycles. The lowest BCUT2D eigenvalue weighted by Crippen LogP contribution is -2.30. The van der Waals surface area contributed by atoms with Gasteiger partial charge in [0.1, 0.15) is 5.75 Å². The molecule has 0 heterocycles. The van der Waals surface area contributed by atoms with Gasteiger partial charge >= 0.3 is 0 Å². The molecule has 94 valence electrons. The summed E-state index contributed by atoms with van der Waals surface area (Å²) in [5.74, 6) is 5.51. The zero-order chi connectivity index (χ0) is 12.7. The minimum Gasteiger partial charge on any atom is -0.491 e. The smallest absolute Gasteiger partial charge is 0.234 e. The lowest BCUT2D eigenvalue weighted by molar-refractivity contribution is -0.121. The first-order valence-electron chi connectivity index (χ1n) is 5.51. The molecule has 0 fully saturated rings. The lowest BCUT2D eigenvalue weighted by Gasteiger charge is -2.14. The van der Waals surface area contributed by atoms with Crippen LogP contribution >= 0.6 is 0 Å². The molecule has 5 heteroatoms. The van der Waals surface area contributed by atoms with E-state index in [-0.39, 0.29) is 18.6 Å². The van der Waals surface area contributed by atoms with Gasteiger partial charge in [0.05, 0.1) is 12.7 Å². The standard InChI is InChI=1S/C12H18N2O3/c1-9(2-7-12(16)14-13)17-11-5-3-10(8-15)4-6-11/h3-6,9,15H,2,7-8,13H2,1H3,(H,14,16). The second-order valence-corrected chi connectivity index (χ2v) is 3.84. The highest BCUT2D eigenvalue weighted by Gasteiger charge is 2.07. The van der Waals surface area contributed by atoms with Crippen LogP contribution in [-0.2, 0) is 11.4 Å². The Morgan fingerprint density at radius 2 is 2.12 bits per heavy atom. The number of hydrazine groups is 1. The Balaban J connectivity index is 2.39. The second-order valence-electron chi connectivity index (χ2n) is 3.84. The maximum Gasteiger partial charge on any atom is 0.234 e. The van der Waals surface area contributed by atoms with Gasteiger partial charge in [-0.25, -0.2) is 5.84 Å². The van der Waals surface area contributed by atoms with Crippen LogP contribution in [0.5, 0.6) is 5.75 Å². The van der Waals surface area contributed by atoms with Gasteiger partial charge in [0.15, 0.2) is 0 Å². The van der Waals surface area contributed by atoms with Gasteiger partial charge in [-0.05, 0) is 31.0 Å². The van der Waals surface area contributed by atoms with E-state index in [1.165, 1.54) is 0 Å². The number of hydrogen-bond donors (Lipinski definition) is 3. The van der Waals surface area contributed by atoms with Crippen LogP contribution in [0.2, 0.25) is 0 Å². The highest BCUT2D eigenvalue weighted by Crippen LogP contribution is 2.15. The molecule has 1 unspecified atom stereocenters. The van der Waals surface area contributed by atoms with Gasteiger partial charge < -0.3 is 9.84 Å². The Morgan fingerprint density at radius 3 is 2.65 bits per heavy atom. The summed E-state index contributed by atoms with van der Waals surface area (Å²) in [5.41, 5.74) is 2.92. The van der Waals surface area contributed by atoms with E-state index in [0.29, 0.717) is 12.8 Å². The number of hydrogen-bond acceptors (Lipinski definition) is 4. The van der Waals surface area contributed by atoms with Crippen LogP contribution in [0.4, 0.5) is 0 Å². The van der Waals surface area contributed by atoms with Gasteiger partial charge in [0.25, 0.3) is 0 Å². The van der Waals surface area contributed by atoms with Crippen molar-refractivity contribution in [1.29, 1.82) is 0 Å². The number of nitrogens with one attached hydrogen (secondary N) is 1. The van der Waals surface area contributed by atoms with Crippen LogP contribution < -0.4 is 16.0 Å². The Bertz CT molecular complexity index is 351. The molecule has 1 atom stereocenters. The number of carbonyl (C=O) groups excluding carboxylic acids is 1. The molecule has 0 bridgehead atoms. The summed E-state index contributed by atoms with van der Waals surface area (Å²) >= 11 is 0. The van der Waals surface area contributed by atoms with Crippen molar-refractivity contribution in [3.63, 3.8) is 0 Å². The summed E-state index contributed by atoms with van der Waals surface area (Å²) in [6.07, 6.45) is 0.879. The van der Waals surface area contributed by atoms with Gasteiger partial charge in [0, 0.05) is 6.42 Å². The third kappa shape index (κ3) is 4.84. The molecule has 5 nitrogen and oxygen atoms in total. The molecule has 17 heavy (non-hydrogen) atoms. The molecule has 1 aromatic carbocycles. The SMILES string of the molecule is CC(CCC(=O)NN)Oc1ccc(CO)cc1. The lowest BCUT2D eigenvalue weighted by atomic mass is 10.2. The Labute approximate surface area is 101 Å². The first-order chi connectivity index (χ1) is 8.15. The van der Waals surface area contributed by atoms with Gasteiger partial charge in [-0.3, -0.25) is 10.2 Å². The number of rotatable bonds is 6. The molecule has 0 aliphatic rings. The van der Waals surface area contributed by atoms with Crippen LogP contribution in [0.3, 0.4) is 0 Å². The molecule has 0 aromatic heterocycles. The highest BCUT2D eigenvalue weighted by molar-refractivity contribution is 5.75. The molecular formula is C12H18N2O3. The molecule has 4 N–H and O–H groups in total. The first-order valence-corrected chi connectivity index (χ1v) is 5.51. The predicted molar refractivity (Wildman–Crippen MR) is 64.0 cm³/mol. The van der Waals surface area contributed by atoms with Crippen molar-refractivity contribution in [3.05, 3.63) is 29.8 Å². The molecular weight excluding hydrogens is 220 g/mol. The van der Waals surface area contributed by atoms with Crippen LogP contribution in [0.25, 0.3) is 0 Å². The maximum absolute atomic E-state index is 10.9. The van der Waals surface area contributed by atoms with Gasteiger partial charge in [-0.2, -0.15) is 0 Å². The summed E-state index contributed by atoms with van der Waals surface area (Å²) in [4.78, 5) is 10.9. The van der Waals surface area contributed by atoms with Gasteiger partial charge in [-0.1, -0.05) is 12.1 Å². The highest BCUT2D eigenvalue weighted by atomic mass is 16.5. The fraction of sp³-hybridized carbons (Fsp3) is 0.417. The van der Waals surface area contributed by atoms with Crippen molar-refractivity contribution < 1.29 is 14.6 Å². The fourth-order valence-electron chi connectivity index (χ4n) is 1.37. The largest absolute Gasteiger partial charge is 0.491 e. The first kappa shape index (κ1) is 13.5. The number of nitrogens with two attached hydrogens (primary N) is 1. The normalized spacial score (nSPS) is 11.9. The van der Waals surface area contributed by atoms with Crippen molar-refractivity contribution in [1.82, 2.24) is 5.43 Å². The van der Waals surface area contributed by atoms with Gasteiger partial charge in [-0.15, -0.1) is 0 Å². The van der Waals surface area contributed by atoms with Crippen molar-refractivity contribution in [2.24, 2.45) is 5.84 Å². The molecule has 0 aliphatic heterocycles. The van der Waals surface area contributed by atoms with E-state index in [4.69, 9.17) is 15.7 Å². The minimum absolute atomic E-state index is 0.0203. The number of benzene rings is 1. The number of amides is 1. The minimum atomic E-state index is -0.198. The molecule has 1 rings (SSSR count). The van der Waals surface area contributed by atoms with Crippen molar-refractivity contribution in [2.75, 3.05) is 0 Å². The zero-order valence-corrected chi connectivity index (χ0v) is 9.85. The van der Waals surface area contributed by atoms with Crippen molar-refractivity contribution in [3.8, 4) is 5.75 Å². The predicted octanol–water partition coefficient (Wildman–Crippen LogP) is 0.716. The summed E-state index contributed by atoms with van der Waals surface area (Å²) in [6, 6.07) is 7.19. The van der Waals surface area contributed by atoms with E-state index in [1.807, 2.05) is 6.92 Å². The summed E-state index contributed by atoms with van der Waals surface area (Å²) in [6.45, 7) is 1.91. The van der Waals surface area contributed by atoms with E-state index in [1.54, 1.807) is 24.3 Å².